The van der Waals surface area contributed by atoms with E-state index < -0.39 is 0 Å². The van der Waals surface area contributed by atoms with E-state index in [1.165, 1.54) is 5.56 Å². The van der Waals surface area contributed by atoms with Gasteiger partial charge in [0, 0.05) is 38.9 Å². The van der Waals surface area contributed by atoms with Crippen LogP contribution in [0.1, 0.15) is 22.8 Å². The normalized spacial score (nSPS) is 13.9. The SMILES string of the molecule is CCOC(=O)N1CCN(C(=O)c2ccc(NCCc3ccccc3)nc2)CC1. The lowest BCUT2D eigenvalue weighted by molar-refractivity contribution is 0.0570. The zero-order chi connectivity index (χ0) is 19.8. The Kier molecular flexibility index (Phi) is 6.84. The van der Waals surface area contributed by atoms with E-state index in [-0.39, 0.29) is 12.0 Å². The Balaban J connectivity index is 1.47. The number of hydrogen-bond donors (Lipinski definition) is 1. The fourth-order valence-corrected chi connectivity index (χ4v) is 3.09. The van der Waals surface area contributed by atoms with Crippen molar-refractivity contribution < 1.29 is 14.3 Å². The molecule has 28 heavy (non-hydrogen) atoms. The molecule has 1 aliphatic heterocycles. The monoisotopic (exact) mass is 382 g/mol. The Morgan fingerprint density at radius 1 is 1.04 bits per heavy atom. The smallest absolute Gasteiger partial charge is 0.409 e. The van der Waals surface area contributed by atoms with Gasteiger partial charge in [0.25, 0.3) is 5.91 Å². The lowest BCUT2D eigenvalue weighted by Gasteiger charge is -2.34. The molecule has 1 N–H and O–H groups in total. The third-order valence-electron chi connectivity index (χ3n) is 4.67. The van der Waals surface area contributed by atoms with Crippen molar-refractivity contribution in [2.75, 3.05) is 44.6 Å². The van der Waals surface area contributed by atoms with Crippen LogP contribution in [0.15, 0.2) is 48.7 Å². The van der Waals surface area contributed by atoms with Crippen LogP contribution in [0.4, 0.5) is 10.6 Å². The van der Waals surface area contributed by atoms with Gasteiger partial charge in [-0.25, -0.2) is 9.78 Å². The quantitative estimate of drug-likeness (QED) is 0.831. The third kappa shape index (κ3) is 5.22. The number of pyridine rings is 1. The molecular weight excluding hydrogens is 356 g/mol. The van der Waals surface area contributed by atoms with Crippen LogP contribution in [-0.4, -0.2) is 66.1 Å². The van der Waals surface area contributed by atoms with Crippen LogP contribution >= 0.6 is 0 Å². The molecule has 148 valence electrons. The number of carbonyl (C=O) groups is 2. The molecule has 7 nitrogen and oxygen atoms in total. The summed E-state index contributed by atoms with van der Waals surface area (Å²) in [6, 6.07) is 13.9. The molecule has 0 aliphatic carbocycles. The number of anilines is 1. The molecule has 1 saturated heterocycles. The molecule has 0 bridgehead atoms. The second-order valence-corrected chi connectivity index (χ2v) is 6.57. The predicted octanol–water partition coefficient (Wildman–Crippen LogP) is 2.65. The molecule has 7 heteroatoms. The molecular formula is C21H26N4O3. The molecule has 2 amide bonds. The maximum atomic E-state index is 12.6. The summed E-state index contributed by atoms with van der Waals surface area (Å²) in [7, 11) is 0. The number of benzene rings is 1. The number of piperazine rings is 1. The average Bonchev–Trinajstić information content (AvgIpc) is 2.75. The van der Waals surface area contributed by atoms with Crippen molar-refractivity contribution in [1.29, 1.82) is 0 Å². The number of aromatic nitrogens is 1. The summed E-state index contributed by atoms with van der Waals surface area (Å²) >= 11 is 0. The van der Waals surface area contributed by atoms with Crippen molar-refractivity contribution in [3.63, 3.8) is 0 Å². The average molecular weight is 382 g/mol. The standard InChI is InChI=1S/C21H26N4O3/c1-2-28-21(27)25-14-12-24(13-15-25)20(26)18-8-9-19(23-16-18)22-11-10-17-6-4-3-5-7-17/h3-9,16H,2,10-15H2,1H3,(H,22,23). The Morgan fingerprint density at radius 2 is 1.75 bits per heavy atom. The number of hydrogen-bond acceptors (Lipinski definition) is 5. The number of nitrogens with one attached hydrogen (secondary N) is 1. The van der Waals surface area contributed by atoms with Crippen LogP contribution in [0, 0.1) is 0 Å². The van der Waals surface area contributed by atoms with E-state index >= 15 is 0 Å². The van der Waals surface area contributed by atoms with Gasteiger partial charge in [0.2, 0.25) is 0 Å². The second kappa shape index (κ2) is 9.73. The molecule has 2 heterocycles. The molecule has 1 aromatic heterocycles. The van der Waals surface area contributed by atoms with Gasteiger partial charge in [-0.2, -0.15) is 0 Å². The summed E-state index contributed by atoms with van der Waals surface area (Å²) in [5.74, 6) is 0.687. The molecule has 0 atom stereocenters. The fourth-order valence-electron chi connectivity index (χ4n) is 3.09. The summed E-state index contributed by atoms with van der Waals surface area (Å²) in [5, 5.41) is 3.27. The molecule has 1 aliphatic rings. The van der Waals surface area contributed by atoms with Gasteiger partial charge < -0.3 is 19.9 Å². The van der Waals surface area contributed by atoms with Crippen LogP contribution in [0.3, 0.4) is 0 Å². The first-order valence-corrected chi connectivity index (χ1v) is 9.62. The summed E-state index contributed by atoms with van der Waals surface area (Å²) in [5.41, 5.74) is 1.82. The summed E-state index contributed by atoms with van der Waals surface area (Å²) in [6.07, 6.45) is 2.20. The highest BCUT2D eigenvalue weighted by Crippen LogP contribution is 2.11. The fraction of sp³-hybridized carbons (Fsp3) is 0.381. The van der Waals surface area contributed by atoms with Crippen molar-refractivity contribution in [1.82, 2.24) is 14.8 Å². The highest BCUT2D eigenvalue weighted by Gasteiger charge is 2.25. The van der Waals surface area contributed by atoms with E-state index in [0.717, 1.165) is 18.8 Å². The van der Waals surface area contributed by atoms with Gasteiger partial charge >= 0.3 is 6.09 Å². The zero-order valence-electron chi connectivity index (χ0n) is 16.1. The zero-order valence-corrected chi connectivity index (χ0v) is 16.1. The Morgan fingerprint density at radius 3 is 2.39 bits per heavy atom. The van der Waals surface area contributed by atoms with Crippen molar-refractivity contribution in [2.45, 2.75) is 13.3 Å². The van der Waals surface area contributed by atoms with Crippen LogP contribution in [0.2, 0.25) is 0 Å². The van der Waals surface area contributed by atoms with Crippen molar-refractivity contribution >= 4 is 17.8 Å². The van der Waals surface area contributed by atoms with Crippen molar-refractivity contribution in [3.05, 3.63) is 59.8 Å². The molecule has 1 fully saturated rings. The maximum Gasteiger partial charge on any atom is 0.409 e. The highest BCUT2D eigenvalue weighted by molar-refractivity contribution is 5.94. The molecule has 3 rings (SSSR count). The van der Waals surface area contributed by atoms with Gasteiger partial charge in [0.05, 0.1) is 12.2 Å². The minimum Gasteiger partial charge on any atom is -0.450 e. The van der Waals surface area contributed by atoms with E-state index in [2.05, 4.69) is 22.4 Å². The summed E-state index contributed by atoms with van der Waals surface area (Å²) < 4.78 is 5.00. The van der Waals surface area contributed by atoms with Gasteiger partial charge in [-0.05, 0) is 31.0 Å². The first-order chi connectivity index (χ1) is 13.7. The van der Waals surface area contributed by atoms with E-state index in [1.807, 2.05) is 24.3 Å². The third-order valence-corrected chi connectivity index (χ3v) is 4.67. The van der Waals surface area contributed by atoms with Gasteiger partial charge in [-0.15, -0.1) is 0 Å². The lowest BCUT2D eigenvalue weighted by Crippen LogP contribution is -2.50. The first kappa shape index (κ1) is 19.7. The maximum absolute atomic E-state index is 12.6. The van der Waals surface area contributed by atoms with E-state index in [9.17, 15) is 9.59 Å². The topological polar surface area (TPSA) is 74.8 Å². The number of carbonyl (C=O) groups excluding carboxylic acids is 2. The Labute approximate surface area is 165 Å². The van der Waals surface area contributed by atoms with E-state index in [1.54, 1.807) is 29.0 Å². The van der Waals surface area contributed by atoms with Crippen LogP contribution in [0.25, 0.3) is 0 Å². The van der Waals surface area contributed by atoms with Crippen molar-refractivity contribution in [3.8, 4) is 0 Å². The molecule has 0 radical (unpaired) electrons. The highest BCUT2D eigenvalue weighted by atomic mass is 16.6. The van der Waals surface area contributed by atoms with Crippen LogP contribution < -0.4 is 5.32 Å². The number of ether oxygens (including phenoxy) is 1. The lowest BCUT2D eigenvalue weighted by atomic mass is 10.1. The molecule has 0 unspecified atom stereocenters. The minimum atomic E-state index is -0.317. The van der Waals surface area contributed by atoms with E-state index in [0.29, 0.717) is 38.3 Å². The predicted molar refractivity (Wildman–Crippen MR) is 107 cm³/mol. The van der Waals surface area contributed by atoms with Crippen LogP contribution in [-0.2, 0) is 11.2 Å². The molecule has 2 aromatic rings. The first-order valence-electron chi connectivity index (χ1n) is 9.62. The number of rotatable bonds is 6. The van der Waals surface area contributed by atoms with Crippen LogP contribution in [0.5, 0.6) is 0 Å². The Bertz CT molecular complexity index is 772. The number of nitrogens with zero attached hydrogens (tertiary/aromatic N) is 3. The second-order valence-electron chi connectivity index (χ2n) is 6.57. The molecule has 0 saturated carbocycles. The van der Waals surface area contributed by atoms with Gasteiger partial charge in [0.15, 0.2) is 0 Å². The largest absolute Gasteiger partial charge is 0.450 e. The number of amides is 2. The van der Waals surface area contributed by atoms with Gasteiger partial charge in [-0.3, -0.25) is 4.79 Å². The summed E-state index contributed by atoms with van der Waals surface area (Å²) in [4.78, 5) is 32.1. The minimum absolute atomic E-state index is 0.0631. The molecule has 1 aromatic carbocycles. The van der Waals surface area contributed by atoms with Crippen molar-refractivity contribution in [2.24, 2.45) is 0 Å². The molecule has 0 spiro atoms. The Hall–Kier alpha value is -3.09. The van der Waals surface area contributed by atoms with Gasteiger partial charge in [-0.1, -0.05) is 30.3 Å². The van der Waals surface area contributed by atoms with Gasteiger partial charge in [0.1, 0.15) is 5.82 Å². The summed E-state index contributed by atoms with van der Waals surface area (Å²) in [6.45, 7) is 4.87. The van der Waals surface area contributed by atoms with E-state index in [4.69, 9.17) is 4.74 Å².